The van der Waals surface area contributed by atoms with Gasteiger partial charge in [-0.15, -0.1) is 0 Å². The third kappa shape index (κ3) is 4.05. The van der Waals surface area contributed by atoms with Crippen molar-refractivity contribution in [1.29, 1.82) is 0 Å². The van der Waals surface area contributed by atoms with Gasteiger partial charge in [-0.05, 0) is 33.4 Å². The Kier molecular flexibility index (Phi) is 5.55. The summed E-state index contributed by atoms with van der Waals surface area (Å²) in [7, 11) is 4.04. The molecule has 2 heterocycles. The largest absolute Gasteiger partial charge is 0.374 e. The lowest BCUT2D eigenvalue weighted by Crippen LogP contribution is -2.31. The third-order valence-corrected chi connectivity index (χ3v) is 3.65. The first kappa shape index (κ1) is 15.0. The fourth-order valence-electron chi connectivity index (χ4n) is 2.43. The van der Waals surface area contributed by atoms with Crippen LogP contribution in [0.25, 0.3) is 0 Å². The molecule has 1 saturated heterocycles. The van der Waals surface area contributed by atoms with Crippen LogP contribution in [0.4, 0.5) is 11.6 Å². The lowest BCUT2D eigenvalue weighted by Gasteiger charge is -2.20. The maximum atomic E-state index is 5.38. The van der Waals surface area contributed by atoms with E-state index in [1.54, 1.807) is 0 Å². The number of aromatic nitrogens is 2. The number of nitrogens with one attached hydrogen (secondary N) is 2. The Morgan fingerprint density at radius 3 is 2.85 bits per heavy atom. The van der Waals surface area contributed by atoms with Crippen molar-refractivity contribution in [1.82, 2.24) is 14.9 Å². The van der Waals surface area contributed by atoms with Crippen LogP contribution >= 0.6 is 0 Å². The summed E-state index contributed by atoms with van der Waals surface area (Å²) in [4.78, 5) is 11.3. The first-order valence-corrected chi connectivity index (χ1v) is 7.30. The first-order chi connectivity index (χ1) is 9.72. The Hall–Kier alpha value is -1.40. The summed E-state index contributed by atoms with van der Waals surface area (Å²) in [5.74, 6) is 2.39. The maximum absolute atomic E-state index is 5.38. The van der Waals surface area contributed by atoms with Crippen LogP contribution in [-0.4, -0.2) is 54.7 Å². The summed E-state index contributed by atoms with van der Waals surface area (Å²) < 4.78 is 5.38. The molecule has 0 spiro atoms. The average Bonchev–Trinajstić information content (AvgIpc) is 2.88. The molecule has 112 valence electrons. The van der Waals surface area contributed by atoms with Crippen molar-refractivity contribution in [2.24, 2.45) is 0 Å². The van der Waals surface area contributed by atoms with E-state index >= 15 is 0 Å². The van der Waals surface area contributed by atoms with E-state index in [0.29, 0.717) is 25.1 Å². The number of rotatable bonds is 7. The van der Waals surface area contributed by atoms with Gasteiger partial charge < -0.3 is 20.3 Å². The van der Waals surface area contributed by atoms with Crippen molar-refractivity contribution in [3.05, 3.63) is 11.9 Å². The summed E-state index contributed by atoms with van der Waals surface area (Å²) in [6.45, 7) is 5.20. The van der Waals surface area contributed by atoms with E-state index in [2.05, 4.69) is 32.5 Å². The van der Waals surface area contributed by atoms with E-state index < -0.39 is 0 Å². The minimum atomic E-state index is 0.448. The number of anilines is 2. The summed E-state index contributed by atoms with van der Waals surface area (Å²) in [5.41, 5.74) is 0. The van der Waals surface area contributed by atoms with Crippen LogP contribution in [0, 0.1) is 0 Å². The predicted octanol–water partition coefficient (Wildman–Crippen LogP) is 1.56. The van der Waals surface area contributed by atoms with Crippen LogP contribution in [0.3, 0.4) is 0 Å². The second-order valence-electron chi connectivity index (χ2n) is 5.10. The fraction of sp³-hybridized carbons (Fsp3) is 0.714. The van der Waals surface area contributed by atoms with Crippen LogP contribution in [-0.2, 0) is 11.3 Å². The summed E-state index contributed by atoms with van der Waals surface area (Å²) in [5, 5.41) is 6.48. The molecule has 1 aromatic heterocycles. The van der Waals surface area contributed by atoms with E-state index in [-0.39, 0.29) is 0 Å². The van der Waals surface area contributed by atoms with Gasteiger partial charge in [0.05, 0.1) is 0 Å². The number of likely N-dealkylation sites (tertiary alicyclic amines) is 1. The zero-order valence-corrected chi connectivity index (χ0v) is 12.6. The van der Waals surface area contributed by atoms with Gasteiger partial charge >= 0.3 is 0 Å². The van der Waals surface area contributed by atoms with Crippen molar-refractivity contribution in [2.45, 2.75) is 32.4 Å². The molecule has 1 aliphatic rings. The molecule has 0 aliphatic carbocycles. The molecule has 1 aromatic rings. The van der Waals surface area contributed by atoms with Gasteiger partial charge in [0.15, 0.2) is 5.82 Å². The van der Waals surface area contributed by atoms with Crippen molar-refractivity contribution in [3.8, 4) is 0 Å². The molecule has 1 atom stereocenters. The molecule has 0 amide bonds. The highest BCUT2D eigenvalue weighted by atomic mass is 16.5. The lowest BCUT2D eigenvalue weighted by molar-refractivity contribution is 0.128. The SMILES string of the molecule is CCOCc1nc(NC)cc(NCC2CCCN2C)n1. The summed E-state index contributed by atoms with van der Waals surface area (Å²) in [6.07, 6.45) is 2.53. The molecule has 6 heteroatoms. The van der Waals surface area contributed by atoms with Gasteiger partial charge in [-0.1, -0.05) is 0 Å². The molecular weight excluding hydrogens is 254 g/mol. The lowest BCUT2D eigenvalue weighted by atomic mass is 10.2. The Balaban J connectivity index is 1.98. The van der Waals surface area contributed by atoms with Crippen molar-refractivity contribution < 1.29 is 4.74 Å². The van der Waals surface area contributed by atoms with Crippen LogP contribution in [0.2, 0.25) is 0 Å². The van der Waals surface area contributed by atoms with Crippen LogP contribution in [0.15, 0.2) is 6.07 Å². The molecular formula is C14H25N5O. The van der Waals surface area contributed by atoms with Gasteiger partial charge in [-0.2, -0.15) is 0 Å². The minimum absolute atomic E-state index is 0.448. The fourth-order valence-corrected chi connectivity index (χ4v) is 2.43. The molecule has 0 saturated carbocycles. The average molecular weight is 279 g/mol. The van der Waals surface area contributed by atoms with E-state index in [1.165, 1.54) is 19.4 Å². The van der Waals surface area contributed by atoms with E-state index in [4.69, 9.17) is 4.74 Å². The predicted molar refractivity (Wildman–Crippen MR) is 81.1 cm³/mol. The van der Waals surface area contributed by atoms with Gasteiger partial charge in [0, 0.05) is 32.3 Å². The highest BCUT2D eigenvalue weighted by Gasteiger charge is 2.20. The Bertz CT molecular complexity index is 426. The second kappa shape index (κ2) is 7.40. The molecule has 0 radical (unpaired) electrons. The highest BCUT2D eigenvalue weighted by Crippen LogP contribution is 2.16. The molecule has 2 rings (SSSR count). The van der Waals surface area contributed by atoms with Crippen LogP contribution in [0.1, 0.15) is 25.6 Å². The molecule has 0 aromatic carbocycles. The molecule has 20 heavy (non-hydrogen) atoms. The monoisotopic (exact) mass is 279 g/mol. The third-order valence-electron chi connectivity index (χ3n) is 3.65. The van der Waals surface area contributed by atoms with Gasteiger partial charge in [-0.3, -0.25) is 0 Å². The molecule has 1 unspecified atom stereocenters. The number of ether oxygens (including phenoxy) is 1. The van der Waals surface area contributed by atoms with Crippen LogP contribution in [0.5, 0.6) is 0 Å². The highest BCUT2D eigenvalue weighted by molar-refractivity contribution is 5.47. The molecule has 2 N–H and O–H groups in total. The molecule has 0 bridgehead atoms. The zero-order valence-electron chi connectivity index (χ0n) is 12.6. The smallest absolute Gasteiger partial charge is 0.158 e. The Labute approximate surface area is 120 Å². The Morgan fingerprint density at radius 1 is 1.40 bits per heavy atom. The van der Waals surface area contributed by atoms with Crippen molar-refractivity contribution in [2.75, 3.05) is 44.4 Å². The molecule has 1 fully saturated rings. The number of hydrogen-bond acceptors (Lipinski definition) is 6. The standard InChI is InChI=1S/C14H25N5O/c1-4-20-10-14-17-12(15-2)8-13(18-14)16-9-11-6-5-7-19(11)3/h8,11H,4-7,9-10H2,1-3H3,(H2,15,16,17,18). The number of nitrogens with zero attached hydrogens (tertiary/aromatic N) is 3. The van der Waals surface area contributed by atoms with Gasteiger partial charge in [0.25, 0.3) is 0 Å². The normalized spacial score (nSPS) is 19.2. The van der Waals surface area contributed by atoms with Crippen LogP contribution < -0.4 is 10.6 Å². The Morgan fingerprint density at radius 2 is 2.20 bits per heavy atom. The van der Waals surface area contributed by atoms with Gasteiger partial charge in [0.1, 0.15) is 18.2 Å². The van der Waals surface area contributed by atoms with E-state index in [0.717, 1.165) is 18.2 Å². The first-order valence-electron chi connectivity index (χ1n) is 7.30. The number of likely N-dealkylation sites (N-methyl/N-ethyl adjacent to an activating group) is 1. The molecule has 1 aliphatic heterocycles. The second-order valence-corrected chi connectivity index (χ2v) is 5.10. The summed E-state index contributed by atoms with van der Waals surface area (Å²) in [6, 6.07) is 2.53. The van der Waals surface area contributed by atoms with Crippen molar-refractivity contribution >= 4 is 11.6 Å². The van der Waals surface area contributed by atoms with E-state index in [1.807, 2.05) is 20.0 Å². The zero-order chi connectivity index (χ0) is 14.4. The van der Waals surface area contributed by atoms with Crippen molar-refractivity contribution in [3.63, 3.8) is 0 Å². The van der Waals surface area contributed by atoms with Gasteiger partial charge in [-0.25, -0.2) is 9.97 Å². The molecule has 6 nitrogen and oxygen atoms in total. The number of hydrogen-bond donors (Lipinski definition) is 2. The quantitative estimate of drug-likeness (QED) is 0.790. The summed E-state index contributed by atoms with van der Waals surface area (Å²) >= 11 is 0. The van der Waals surface area contributed by atoms with Gasteiger partial charge in [0.2, 0.25) is 0 Å². The topological polar surface area (TPSA) is 62.3 Å². The van der Waals surface area contributed by atoms with E-state index in [9.17, 15) is 0 Å². The maximum Gasteiger partial charge on any atom is 0.158 e. The minimum Gasteiger partial charge on any atom is -0.374 e.